The maximum absolute atomic E-state index is 12.0. The predicted octanol–water partition coefficient (Wildman–Crippen LogP) is 1.63. The van der Waals surface area contributed by atoms with E-state index in [9.17, 15) is 9.59 Å². The number of para-hydroxylation sites is 1. The van der Waals surface area contributed by atoms with Gasteiger partial charge in [0, 0.05) is 13.1 Å². The van der Waals surface area contributed by atoms with Crippen LogP contribution in [0.25, 0.3) is 0 Å². The Morgan fingerprint density at radius 1 is 1.35 bits per heavy atom. The molecule has 108 valence electrons. The van der Waals surface area contributed by atoms with Crippen LogP contribution in [-0.4, -0.2) is 41.6 Å². The van der Waals surface area contributed by atoms with E-state index in [4.69, 9.17) is 9.84 Å². The van der Waals surface area contributed by atoms with E-state index in [1.807, 2.05) is 25.1 Å². The number of carbonyl (C=O) groups is 2. The normalized spacial score (nSPS) is 22.4. The molecule has 1 amide bonds. The molecule has 20 heavy (non-hydrogen) atoms. The molecule has 1 aliphatic heterocycles. The second-order valence-electron chi connectivity index (χ2n) is 5.15. The summed E-state index contributed by atoms with van der Waals surface area (Å²) < 4.78 is 5.42. The highest BCUT2D eigenvalue weighted by Gasteiger charge is 2.32. The first-order valence-electron chi connectivity index (χ1n) is 6.76. The largest absolute Gasteiger partial charge is 0.484 e. The first kappa shape index (κ1) is 14.4. The van der Waals surface area contributed by atoms with Crippen molar-refractivity contribution in [2.45, 2.75) is 13.3 Å². The summed E-state index contributed by atoms with van der Waals surface area (Å²) in [6.07, 6.45) is 0.508. The minimum atomic E-state index is -0.773. The molecule has 0 bridgehead atoms. The molecule has 0 aliphatic carbocycles. The quantitative estimate of drug-likeness (QED) is 0.908. The molecule has 0 radical (unpaired) electrons. The Morgan fingerprint density at radius 2 is 2.05 bits per heavy atom. The Kier molecular flexibility index (Phi) is 4.61. The minimum absolute atomic E-state index is 0.00548. The molecule has 0 saturated carbocycles. The van der Waals surface area contributed by atoms with Crippen LogP contribution in [0.4, 0.5) is 0 Å². The average molecular weight is 277 g/mol. The Morgan fingerprint density at radius 3 is 2.65 bits per heavy atom. The van der Waals surface area contributed by atoms with Gasteiger partial charge in [-0.15, -0.1) is 0 Å². The molecule has 2 unspecified atom stereocenters. The molecule has 1 heterocycles. The number of hydrogen-bond donors (Lipinski definition) is 1. The van der Waals surface area contributed by atoms with Crippen LogP contribution in [0, 0.1) is 11.8 Å². The summed E-state index contributed by atoms with van der Waals surface area (Å²) in [7, 11) is 0. The summed E-state index contributed by atoms with van der Waals surface area (Å²) in [6.45, 7) is 2.83. The molecule has 1 fully saturated rings. The molecule has 2 atom stereocenters. The average Bonchev–Trinajstić information content (AvgIpc) is 2.45. The number of aliphatic carboxylic acids is 1. The van der Waals surface area contributed by atoms with Crippen molar-refractivity contribution in [3.8, 4) is 5.75 Å². The second kappa shape index (κ2) is 6.41. The second-order valence-corrected chi connectivity index (χ2v) is 5.15. The van der Waals surface area contributed by atoms with Crippen molar-refractivity contribution in [1.82, 2.24) is 4.90 Å². The molecule has 1 aliphatic rings. The summed E-state index contributed by atoms with van der Waals surface area (Å²) >= 11 is 0. The van der Waals surface area contributed by atoms with E-state index >= 15 is 0 Å². The molecule has 5 nitrogen and oxygen atoms in total. The molecule has 1 saturated heterocycles. The standard InChI is InChI=1S/C15H19NO4/c1-11-9-16(8-7-13(11)15(18)19)14(17)10-20-12-5-3-2-4-6-12/h2-6,11,13H,7-10H2,1H3,(H,18,19). The number of nitrogens with zero attached hydrogens (tertiary/aromatic N) is 1. The number of rotatable bonds is 4. The summed E-state index contributed by atoms with van der Waals surface area (Å²) in [6, 6.07) is 9.17. The summed E-state index contributed by atoms with van der Waals surface area (Å²) in [5.41, 5.74) is 0. The van der Waals surface area contributed by atoms with Crippen molar-refractivity contribution in [1.29, 1.82) is 0 Å². The molecule has 0 spiro atoms. The fraction of sp³-hybridized carbons (Fsp3) is 0.467. The third-order valence-corrected chi connectivity index (χ3v) is 3.68. The van der Waals surface area contributed by atoms with E-state index in [2.05, 4.69) is 0 Å². The number of carbonyl (C=O) groups excluding carboxylic acids is 1. The third-order valence-electron chi connectivity index (χ3n) is 3.68. The van der Waals surface area contributed by atoms with Gasteiger partial charge in [-0.1, -0.05) is 25.1 Å². The van der Waals surface area contributed by atoms with E-state index in [0.717, 1.165) is 0 Å². The Bertz CT molecular complexity index is 474. The topological polar surface area (TPSA) is 66.8 Å². The van der Waals surface area contributed by atoms with Crippen molar-refractivity contribution in [2.24, 2.45) is 11.8 Å². The van der Waals surface area contributed by atoms with Gasteiger partial charge in [0.2, 0.25) is 0 Å². The number of carboxylic acids is 1. The van der Waals surface area contributed by atoms with Gasteiger partial charge in [0.25, 0.3) is 5.91 Å². The number of piperidine rings is 1. The number of ether oxygens (including phenoxy) is 1. The summed E-state index contributed by atoms with van der Waals surface area (Å²) in [4.78, 5) is 24.8. The maximum Gasteiger partial charge on any atom is 0.306 e. The van der Waals surface area contributed by atoms with Crippen molar-refractivity contribution in [3.63, 3.8) is 0 Å². The molecule has 1 aromatic carbocycles. The van der Waals surface area contributed by atoms with Crippen LogP contribution in [0.5, 0.6) is 5.75 Å². The van der Waals surface area contributed by atoms with Crippen LogP contribution in [0.3, 0.4) is 0 Å². The monoisotopic (exact) mass is 277 g/mol. The minimum Gasteiger partial charge on any atom is -0.484 e. The van der Waals surface area contributed by atoms with E-state index in [-0.39, 0.29) is 24.3 Å². The van der Waals surface area contributed by atoms with Gasteiger partial charge in [-0.3, -0.25) is 9.59 Å². The third kappa shape index (κ3) is 3.50. The van der Waals surface area contributed by atoms with Crippen LogP contribution >= 0.6 is 0 Å². The van der Waals surface area contributed by atoms with Crippen molar-refractivity contribution >= 4 is 11.9 Å². The lowest BCUT2D eigenvalue weighted by molar-refractivity contribution is -0.148. The zero-order chi connectivity index (χ0) is 14.5. The Labute approximate surface area is 118 Å². The fourth-order valence-electron chi connectivity index (χ4n) is 2.49. The molecular formula is C15H19NO4. The highest BCUT2D eigenvalue weighted by atomic mass is 16.5. The summed E-state index contributed by atoms with van der Waals surface area (Å²) in [5.74, 6) is -0.583. The zero-order valence-corrected chi connectivity index (χ0v) is 11.5. The lowest BCUT2D eigenvalue weighted by atomic mass is 9.87. The fourth-order valence-corrected chi connectivity index (χ4v) is 2.49. The van der Waals surface area contributed by atoms with Crippen molar-refractivity contribution in [3.05, 3.63) is 30.3 Å². The van der Waals surface area contributed by atoms with Crippen LogP contribution in [0.2, 0.25) is 0 Å². The smallest absolute Gasteiger partial charge is 0.306 e. The van der Waals surface area contributed by atoms with Gasteiger partial charge in [-0.2, -0.15) is 0 Å². The zero-order valence-electron chi connectivity index (χ0n) is 11.5. The van der Waals surface area contributed by atoms with E-state index in [1.54, 1.807) is 17.0 Å². The highest BCUT2D eigenvalue weighted by molar-refractivity contribution is 5.78. The molecule has 2 rings (SSSR count). The van der Waals surface area contributed by atoms with Gasteiger partial charge in [0.05, 0.1) is 5.92 Å². The van der Waals surface area contributed by atoms with Gasteiger partial charge < -0.3 is 14.7 Å². The predicted molar refractivity (Wildman–Crippen MR) is 73.4 cm³/mol. The first-order chi connectivity index (χ1) is 9.58. The lowest BCUT2D eigenvalue weighted by Gasteiger charge is -2.34. The van der Waals surface area contributed by atoms with Crippen molar-refractivity contribution in [2.75, 3.05) is 19.7 Å². The van der Waals surface area contributed by atoms with Gasteiger partial charge in [0.15, 0.2) is 6.61 Å². The van der Waals surface area contributed by atoms with Crippen LogP contribution in [0.15, 0.2) is 30.3 Å². The van der Waals surface area contributed by atoms with Gasteiger partial charge in [-0.05, 0) is 24.5 Å². The molecular weight excluding hydrogens is 258 g/mol. The number of benzene rings is 1. The SMILES string of the molecule is CC1CN(C(=O)COc2ccccc2)CCC1C(=O)O. The Hall–Kier alpha value is -2.04. The molecule has 1 N–H and O–H groups in total. The van der Waals surface area contributed by atoms with Gasteiger partial charge in [0.1, 0.15) is 5.75 Å². The van der Waals surface area contributed by atoms with Gasteiger partial charge >= 0.3 is 5.97 Å². The number of hydrogen-bond acceptors (Lipinski definition) is 3. The van der Waals surface area contributed by atoms with E-state index in [1.165, 1.54) is 0 Å². The van der Waals surface area contributed by atoms with E-state index in [0.29, 0.717) is 25.3 Å². The molecule has 5 heteroatoms. The maximum atomic E-state index is 12.0. The van der Waals surface area contributed by atoms with Gasteiger partial charge in [-0.25, -0.2) is 0 Å². The highest BCUT2D eigenvalue weighted by Crippen LogP contribution is 2.23. The number of amides is 1. The molecule has 0 aromatic heterocycles. The first-order valence-corrected chi connectivity index (χ1v) is 6.76. The Balaban J connectivity index is 1.84. The number of carboxylic acid groups (broad SMARTS) is 1. The van der Waals surface area contributed by atoms with Crippen LogP contribution < -0.4 is 4.74 Å². The number of likely N-dealkylation sites (tertiary alicyclic amines) is 1. The van der Waals surface area contributed by atoms with E-state index < -0.39 is 5.97 Å². The summed E-state index contributed by atoms with van der Waals surface area (Å²) in [5, 5.41) is 9.06. The molecule has 1 aromatic rings. The lowest BCUT2D eigenvalue weighted by Crippen LogP contribution is -2.46. The van der Waals surface area contributed by atoms with Crippen LogP contribution in [0.1, 0.15) is 13.3 Å². The van der Waals surface area contributed by atoms with Crippen LogP contribution in [-0.2, 0) is 9.59 Å². The van der Waals surface area contributed by atoms with Crippen molar-refractivity contribution < 1.29 is 19.4 Å².